The largest absolute Gasteiger partial charge is 0.443 e. The van der Waals surface area contributed by atoms with Gasteiger partial charge in [0.25, 0.3) is 0 Å². The summed E-state index contributed by atoms with van der Waals surface area (Å²) < 4.78 is 5.50. The number of hydrogen-bond donors (Lipinski definition) is 0. The fraction of sp³-hybridized carbons (Fsp3) is 0.667. The Kier molecular flexibility index (Phi) is 9.75. The minimum atomic E-state index is -0.214. The molecule has 1 aliphatic rings. The van der Waals surface area contributed by atoms with Crippen LogP contribution in [-0.2, 0) is 10.6 Å². The van der Waals surface area contributed by atoms with Gasteiger partial charge in [-0.2, -0.15) is 11.8 Å². The quantitative estimate of drug-likeness (QED) is 0.271. The van der Waals surface area contributed by atoms with Gasteiger partial charge in [-0.1, -0.05) is 0 Å². The van der Waals surface area contributed by atoms with Crippen molar-refractivity contribution in [2.75, 3.05) is 30.2 Å². The number of thioether (sulfide) groups is 2. The highest BCUT2D eigenvalue weighted by molar-refractivity contribution is 8.00. The maximum atomic E-state index is 11.8. The van der Waals surface area contributed by atoms with E-state index in [0.717, 1.165) is 42.2 Å². The third kappa shape index (κ3) is 6.11. The zero-order valence-electron chi connectivity index (χ0n) is 15.2. The summed E-state index contributed by atoms with van der Waals surface area (Å²) in [5.74, 6) is 4.03. The number of pyridine rings is 1. The highest BCUT2D eigenvalue weighted by Gasteiger charge is 2.38. The second-order valence-corrected chi connectivity index (χ2v) is 9.15. The second kappa shape index (κ2) is 11.5. The van der Waals surface area contributed by atoms with E-state index in [4.69, 9.17) is 27.9 Å². The lowest BCUT2D eigenvalue weighted by atomic mass is 10.1. The van der Waals surface area contributed by atoms with Gasteiger partial charge in [0.15, 0.2) is 0 Å². The Bertz CT molecular complexity index is 592. The molecule has 1 amide bonds. The molecule has 4 nitrogen and oxygen atoms in total. The van der Waals surface area contributed by atoms with Crippen LogP contribution in [0.25, 0.3) is 0 Å². The third-order valence-corrected chi connectivity index (χ3v) is 7.37. The minimum Gasteiger partial charge on any atom is -0.443 e. The van der Waals surface area contributed by atoms with Gasteiger partial charge in [0.05, 0.1) is 17.6 Å². The van der Waals surface area contributed by atoms with Crippen molar-refractivity contribution in [3.05, 3.63) is 23.5 Å². The van der Waals surface area contributed by atoms with Crippen molar-refractivity contribution < 1.29 is 9.53 Å². The number of halogens is 2. The van der Waals surface area contributed by atoms with Gasteiger partial charge in [0.1, 0.15) is 6.10 Å². The first-order valence-corrected chi connectivity index (χ1v) is 12.0. The first kappa shape index (κ1) is 22.0. The lowest BCUT2D eigenvalue weighted by molar-refractivity contribution is 0.139. The Labute approximate surface area is 174 Å². The van der Waals surface area contributed by atoms with Crippen LogP contribution in [0, 0.1) is 6.92 Å². The number of ether oxygens (including phenoxy) is 1. The van der Waals surface area contributed by atoms with Crippen LogP contribution in [0.1, 0.15) is 30.5 Å². The number of carbonyl (C=O) groups excluding carboxylic acids is 1. The number of hydrogen-bond acceptors (Lipinski definition) is 5. The Balaban J connectivity index is 1.68. The summed E-state index contributed by atoms with van der Waals surface area (Å²) in [6.07, 6.45) is 4.50. The van der Waals surface area contributed by atoms with Gasteiger partial charge in [0.2, 0.25) is 0 Å². The normalized spacial score (nSPS) is 19.8. The molecule has 2 atom stereocenters. The number of rotatable bonds is 11. The Morgan fingerprint density at radius 1 is 1.31 bits per heavy atom. The van der Waals surface area contributed by atoms with Crippen LogP contribution < -0.4 is 0 Å². The van der Waals surface area contributed by atoms with Gasteiger partial charge in [0, 0.05) is 29.8 Å². The van der Waals surface area contributed by atoms with Gasteiger partial charge in [-0.3, -0.25) is 4.98 Å². The summed E-state index contributed by atoms with van der Waals surface area (Å²) in [6.45, 7) is 2.08. The van der Waals surface area contributed by atoms with Crippen molar-refractivity contribution >= 4 is 52.8 Å². The van der Waals surface area contributed by atoms with E-state index >= 15 is 0 Å². The topological polar surface area (TPSA) is 42.4 Å². The lowest BCUT2D eigenvalue weighted by Gasteiger charge is -2.20. The third-order valence-electron chi connectivity index (χ3n) is 4.46. The highest BCUT2D eigenvalue weighted by atomic mass is 35.5. The summed E-state index contributed by atoms with van der Waals surface area (Å²) in [5, 5.41) is 0. The molecule has 0 aliphatic carbocycles. The van der Waals surface area contributed by atoms with Crippen molar-refractivity contribution in [2.45, 2.75) is 49.1 Å². The zero-order chi connectivity index (χ0) is 18.9. The second-order valence-electron chi connectivity index (χ2n) is 6.22. The molecular weight excluding hydrogens is 411 g/mol. The summed E-state index contributed by atoms with van der Waals surface area (Å²) in [5.41, 5.74) is 2.14. The van der Waals surface area contributed by atoms with Crippen molar-refractivity contribution in [3.63, 3.8) is 0 Å². The van der Waals surface area contributed by atoms with Gasteiger partial charge in [-0.25, -0.2) is 4.79 Å². The van der Waals surface area contributed by atoms with E-state index in [0.29, 0.717) is 11.8 Å². The first-order valence-electron chi connectivity index (χ1n) is 8.78. The first-order chi connectivity index (χ1) is 12.6. The maximum absolute atomic E-state index is 11.8. The number of amides is 1. The van der Waals surface area contributed by atoms with Crippen LogP contribution in [0.5, 0.6) is 0 Å². The molecule has 1 fully saturated rings. The smallest absolute Gasteiger partial charge is 0.410 e. The van der Waals surface area contributed by atoms with E-state index in [1.807, 2.05) is 36.8 Å². The molecule has 0 N–H and O–H groups in total. The van der Waals surface area contributed by atoms with Crippen molar-refractivity contribution in [1.29, 1.82) is 0 Å². The molecule has 1 aromatic heterocycles. The molecule has 0 radical (unpaired) electrons. The van der Waals surface area contributed by atoms with E-state index in [9.17, 15) is 4.79 Å². The zero-order valence-corrected chi connectivity index (χ0v) is 18.4. The molecule has 2 unspecified atom stereocenters. The summed E-state index contributed by atoms with van der Waals surface area (Å²) in [4.78, 5) is 19.0. The number of nitrogens with zero attached hydrogens (tertiary/aromatic N) is 2. The van der Waals surface area contributed by atoms with Crippen LogP contribution in [0.15, 0.2) is 17.2 Å². The monoisotopic (exact) mass is 436 g/mol. The molecule has 2 heterocycles. The fourth-order valence-corrected chi connectivity index (χ4v) is 5.52. The number of aromatic nitrogens is 1. The standard InChI is InChI=1S/C18H26Cl2N2O2S2/c1-13-14(11-20)21-8-6-17(13)26-10-4-9-25-12-16-15(5-3-7-19)22(2)18(23)24-16/h6,8,15-16H,3-5,7,9-12H2,1-2H3. The maximum Gasteiger partial charge on any atom is 0.410 e. The number of carbonyl (C=O) groups is 1. The molecule has 0 aromatic carbocycles. The Morgan fingerprint density at radius 3 is 2.85 bits per heavy atom. The molecule has 0 saturated carbocycles. The van der Waals surface area contributed by atoms with Crippen molar-refractivity contribution in [3.8, 4) is 0 Å². The minimum absolute atomic E-state index is 0.0258. The molecule has 1 aliphatic heterocycles. The van der Waals surface area contributed by atoms with Crippen LogP contribution >= 0.6 is 46.7 Å². The molecule has 26 heavy (non-hydrogen) atoms. The molecule has 0 spiro atoms. The lowest BCUT2D eigenvalue weighted by Crippen LogP contribution is -2.34. The van der Waals surface area contributed by atoms with Gasteiger partial charge in [-0.05, 0) is 49.3 Å². The van der Waals surface area contributed by atoms with E-state index in [1.54, 1.807) is 4.90 Å². The Morgan fingerprint density at radius 2 is 2.12 bits per heavy atom. The molecule has 0 bridgehead atoms. The van der Waals surface area contributed by atoms with Crippen LogP contribution in [0.3, 0.4) is 0 Å². The number of alkyl halides is 2. The van der Waals surface area contributed by atoms with Gasteiger partial charge < -0.3 is 9.64 Å². The summed E-state index contributed by atoms with van der Waals surface area (Å²) >= 11 is 15.4. The molecule has 8 heteroatoms. The molecule has 1 aromatic rings. The highest BCUT2D eigenvalue weighted by Crippen LogP contribution is 2.27. The van der Waals surface area contributed by atoms with E-state index < -0.39 is 0 Å². The Hall–Kier alpha value is -0.300. The summed E-state index contributed by atoms with van der Waals surface area (Å²) in [6, 6.07) is 2.20. The van der Waals surface area contributed by atoms with Gasteiger partial charge in [-0.15, -0.1) is 35.0 Å². The van der Waals surface area contributed by atoms with Crippen molar-refractivity contribution in [1.82, 2.24) is 9.88 Å². The number of likely N-dealkylation sites (N-methyl/N-ethyl adjacent to an activating group) is 1. The summed E-state index contributed by atoms with van der Waals surface area (Å²) in [7, 11) is 1.81. The SMILES string of the molecule is Cc1c(SCCCSCC2OC(=O)N(C)C2CCCCl)ccnc1CCl. The average molecular weight is 437 g/mol. The van der Waals surface area contributed by atoms with E-state index in [2.05, 4.69) is 18.0 Å². The fourth-order valence-electron chi connectivity index (χ4n) is 2.88. The van der Waals surface area contributed by atoms with Crippen molar-refractivity contribution in [2.24, 2.45) is 0 Å². The number of cyclic esters (lactones) is 1. The van der Waals surface area contributed by atoms with Crippen LogP contribution in [0.4, 0.5) is 4.79 Å². The molecule has 146 valence electrons. The van der Waals surface area contributed by atoms with Crippen LogP contribution in [-0.4, -0.2) is 58.3 Å². The van der Waals surface area contributed by atoms with Crippen LogP contribution in [0.2, 0.25) is 0 Å². The van der Waals surface area contributed by atoms with E-state index in [1.165, 1.54) is 10.5 Å². The molecular formula is C18H26Cl2N2O2S2. The average Bonchev–Trinajstić information content (AvgIpc) is 2.91. The van der Waals surface area contributed by atoms with Gasteiger partial charge >= 0.3 is 6.09 Å². The predicted octanol–water partition coefficient (Wildman–Crippen LogP) is 5.18. The van der Waals surface area contributed by atoms with E-state index in [-0.39, 0.29) is 18.2 Å². The molecule has 2 rings (SSSR count). The predicted molar refractivity (Wildman–Crippen MR) is 113 cm³/mol. The molecule has 1 saturated heterocycles.